The van der Waals surface area contributed by atoms with Crippen molar-refractivity contribution in [1.29, 1.82) is 0 Å². The topological polar surface area (TPSA) is 75.4 Å². The standard InChI is InChI=1S/C13H19N3O2/c1-3-16(4-2)11-7-5-10(6-8-11)13(18)15-9-12(14)17/h5-8H,3-4,9H2,1-2H3,(H2,14,17)(H,15,18). The lowest BCUT2D eigenvalue weighted by Crippen LogP contribution is -2.33. The Morgan fingerprint density at radius 2 is 1.72 bits per heavy atom. The van der Waals surface area contributed by atoms with Crippen LogP contribution in [-0.2, 0) is 4.79 Å². The molecule has 5 nitrogen and oxygen atoms in total. The lowest BCUT2D eigenvalue weighted by atomic mass is 10.2. The summed E-state index contributed by atoms with van der Waals surface area (Å²) in [4.78, 5) is 24.4. The van der Waals surface area contributed by atoms with Gasteiger partial charge in [0.25, 0.3) is 5.91 Å². The average molecular weight is 249 g/mol. The van der Waals surface area contributed by atoms with Crippen LogP contribution in [0, 0.1) is 0 Å². The molecular weight excluding hydrogens is 230 g/mol. The molecule has 0 heterocycles. The number of anilines is 1. The Hall–Kier alpha value is -2.04. The van der Waals surface area contributed by atoms with Crippen LogP contribution in [0.15, 0.2) is 24.3 Å². The fourth-order valence-electron chi connectivity index (χ4n) is 1.68. The van der Waals surface area contributed by atoms with E-state index < -0.39 is 5.91 Å². The van der Waals surface area contributed by atoms with Crippen LogP contribution < -0.4 is 16.0 Å². The summed E-state index contributed by atoms with van der Waals surface area (Å²) in [6.07, 6.45) is 0. The fraction of sp³-hybridized carbons (Fsp3) is 0.385. The Morgan fingerprint density at radius 3 is 2.17 bits per heavy atom. The molecule has 0 spiro atoms. The van der Waals surface area contributed by atoms with E-state index in [1.807, 2.05) is 12.1 Å². The van der Waals surface area contributed by atoms with E-state index in [9.17, 15) is 9.59 Å². The van der Waals surface area contributed by atoms with Gasteiger partial charge in [-0.3, -0.25) is 9.59 Å². The molecule has 0 atom stereocenters. The predicted octanol–water partition coefficient (Wildman–Crippen LogP) is 0.748. The van der Waals surface area contributed by atoms with Crippen LogP contribution in [0.5, 0.6) is 0 Å². The SMILES string of the molecule is CCN(CC)c1ccc(C(=O)NCC(N)=O)cc1. The minimum atomic E-state index is -0.553. The third-order valence-electron chi connectivity index (χ3n) is 2.68. The second-order valence-corrected chi connectivity index (χ2v) is 3.87. The van der Waals surface area contributed by atoms with Crippen molar-refractivity contribution in [3.05, 3.63) is 29.8 Å². The molecule has 1 aromatic carbocycles. The van der Waals surface area contributed by atoms with Crippen molar-refractivity contribution in [1.82, 2.24) is 5.32 Å². The number of hydrogen-bond donors (Lipinski definition) is 2. The van der Waals surface area contributed by atoms with E-state index in [1.165, 1.54) is 0 Å². The van der Waals surface area contributed by atoms with Crippen LogP contribution in [0.3, 0.4) is 0 Å². The van der Waals surface area contributed by atoms with Crippen LogP contribution in [0.4, 0.5) is 5.69 Å². The molecule has 0 aliphatic rings. The summed E-state index contributed by atoms with van der Waals surface area (Å²) >= 11 is 0. The first-order chi connectivity index (χ1) is 8.58. The first kappa shape index (κ1) is 14.0. The number of nitrogens with zero attached hydrogens (tertiary/aromatic N) is 1. The highest BCUT2D eigenvalue weighted by Crippen LogP contribution is 2.14. The minimum absolute atomic E-state index is 0.142. The van der Waals surface area contributed by atoms with Gasteiger partial charge in [0.05, 0.1) is 6.54 Å². The summed E-state index contributed by atoms with van der Waals surface area (Å²) in [6.45, 7) is 5.86. The normalized spacial score (nSPS) is 9.89. The molecule has 0 fully saturated rings. The molecule has 0 bridgehead atoms. The molecule has 0 saturated heterocycles. The number of primary amides is 1. The molecule has 0 aromatic heterocycles. The number of benzene rings is 1. The first-order valence-corrected chi connectivity index (χ1v) is 6.00. The monoisotopic (exact) mass is 249 g/mol. The van der Waals surface area contributed by atoms with Gasteiger partial charge in [-0.25, -0.2) is 0 Å². The maximum atomic E-state index is 11.6. The third kappa shape index (κ3) is 3.76. The number of carbonyl (C=O) groups excluding carboxylic acids is 2. The van der Waals surface area contributed by atoms with Gasteiger partial charge < -0.3 is 16.0 Å². The van der Waals surface area contributed by atoms with E-state index in [0.717, 1.165) is 18.8 Å². The third-order valence-corrected chi connectivity index (χ3v) is 2.68. The zero-order valence-electron chi connectivity index (χ0n) is 10.8. The molecule has 0 radical (unpaired) electrons. The van der Waals surface area contributed by atoms with Crippen molar-refractivity contribution >= 4 is 17.5 Å². The van der Waals surface area contributed by atoms with Gasteiger partial charge in [0, 0.05) is 24.3 Å². The van der Waals surface area contributed by atoms with E-state index in [0.29, 0.717) is 5.56 Å². The van der Waals surface area contributed by atoms with Crippen LogP contribution >= 0.6 is 0 Å². The summed E-state index contributed by atoms with van der Waals surface area (Å²) in [7, 11) is 0. The molecule has 0 unspecified atom stereocenters. The lowest BCUT2D eigenvalue weighted by molar-refractivity contribution is -0.117. The molecule has 1 rings (SSSR count). The van der Waals surface area contributed by atoms with E-state index in [4.69, 9.17) is 5.73 Å². The summed E-state index contributed by atoms with van der Waals surface area (Å²) in [5, 5.41) is 2.45. The Bertz CT molecular complexity index is 411. The van der Waals surface area contributed by atoms with Crippen molar-refractivity contribution < 1.29 is 9.59 Å². The summed E-state index contributed by atoms with van der Waals surface area (Å²) in [6, 6.07) is 7.27. The Morgan fingerprint density at radius 1 is 1.17 bits per heavy atom. The lowest BCUT2D eigenvalue weighted by Gasteiger charge is -2.21. The van der Waals surface area contributed by atoms with Gasteiger partial charge in [0.2, 0.25) is 5.91 Å². The van der Waals surface area contributed by atoms with Crippen LogP contribution in [0.1, 0.15) is 24.2 Å². The van der Waals surface area contributed by atoms with Gasteiger partial charge in [-0.2, -0.15) is 0 Å². The van der Waals surface area contributed by atoms with E-state index in [-0.39, 0.29) is 12.5 Å². The zero-order valence-corrected chi connectivity index (χ0v) is 10.8. The van der Waals surface area contributed by atoms with Gasteiger partial charge in [0.1, 0.15) is 0 Å². The Kier molecular flexibility index (Phi) is 5.17. The number of nitrogens with two attached hydrogens (primary N) is 1. The number of nitrogens with one attached hydrogen (secondary N) is 1. The molecule has 18 heavy (non-hydrogen) atoms. The van der Waals surface area contributed by atoms with Crippen molar-refractivity contribution in [2.75, 3.05) is 24.5 Å². The Balaban J connectivity index is 2.70. The second kappa shape index (κ2) is 6.64. The molecule has 5 heteroatoms. The van der Waals surface area contributed by atoms with Gasteiger partial charge >= 0.3 is 0 Å². The molecule has 98 valence electrons. The van der Waals surface area contributed by atoms with Crippen molar-refractivity contribution in [3.63, 3.8) is 0 Å². The van der Waals surface area contributed by atoms with E-state index in [1.54, 1.807) is 12.1 Å². The average Bonchev–Trinajstić information content (AvgIpc) is 2.38. The summed E-state index contributed by atoms with van der Waals surface area (Å²) in [5.41, 5.74) is 6.55. The van der Waals surface area contributed by atoms with Gasteiger partial charge in [0.15, 0.2) is 0 Å². The molecular formula is C13H19N3O2. The number of carbonyl (C=O) groups is 2. The smallest absolute Gasteiger partial charge is 0.251 e. The molecule has 0 aliphatic heterocycles. The first-order valence-electron chi connectivity index (χ1n) is 6.00. The maximum absolute atomic E-state index is 11.6. The highest BCUT2D eigenvalue weighted by molar-refractivity contribution is 5.96. The minimum Gasteiger partial charge on any atom is -0.372 e. The number of amides is 2. The zero-order chi connectivity index (χ0) is 13.5. The highest BCUT2D eigenvalue weighted by Gasteiger charge is 2.07. The highest BCUT2D eigenvalue weighted by atomic mass is 16.2. The van der Waals surface area contributed by atoms with Gasteiger partial charge in [-0.15, -0.1) is 0 Å². The van der Waals surface area contributed by atoms with Gasteiger partial charge in [-0.1, -0.05) is 0 Å². The molecule has 0 aliphatic carbocycles. The quantitative estimate of drug-likeness (QED) is 0.781. The van der Waals surface area contributed by atoms with Crippen molar-refractivity contribution in [2.24, 2.45) is 5.73 Å². The summed E-state index contributed by atoms with van der Waals surface area (Å²) < 4.78 is 0. The molecule has 3 N–H and O–H groups in total. The largest absolute Gasteiger partial charge is 0.372 e. The predicted molar refractivity (Wildman–Crippen MR) is 71.5 cm³/mol. The maximum Gasteiger partial charge on any atom is 0.251 e. The number of rotatable bonds is 6. The van der Waals surface area contributed by atoms with E-state index in [2.05, 4.69) is 24.1 Å². The van der Waals surface area contributed by atoms with E-state index >= 15 is 0 Å². The van der Waals surface area contributed by atoms with Gasteiger partial charge in [-0.05, 0) is 38.1 Å². The van der Waals surface area contributed by atoms with Crippen LogP contribution in [-0.4, -0.2) is 31.4 Å². The Labute approximate surface area is 107 Å². The van der Waals surface area contributed by atoms with Crippen molar-refractivity contribution in [3.8, 4) is 0 Å². The molecule has 0 saturated carbocycles. The fourth-order valence-corrected chi connectivity index (χ4v) is 1.68. The number of hydrogen-bond acceptors (Lipinski definition) is 3. The molecule has 1 aromatic rings. The second-order valence-electron chi connectivity index (χ2n) is 3.87. The van der Waals surface area contributed by atoms with Crippen LogP contribution in [0.25, 0.3) is 0 Å². The van der Waals surface area contributed by atoms with Crippen LogP contribution in [0.2, 0.25) is 0 Å². The molecule has 2 amide bonds. The summed E-state index contributed by atoms with van der Waals surface area (Å²) in [5.74, 6) is -0.844. The van der Waals surface area contributed by atoms with Crippen molar-refractivity contribution in [2.45, 2.75) is 13.8 Å².